The first-order valence-corrected chi connectivity index (χ1v) is 7.87. The van der Waals surface area contributed by atoms with Crippen molar-refractivity contribution in [3.63, 3.8) is 0 Å². The molecule has 0 bridgehead atoms. The molecule has 0 saturated carbocycles. The minimum atomic E-state index is -4.79. The van der Waals surface area contributed by atoms with Crippen molar-refractivity contribution in [1.82, 2.24) is 0 Å². The molecule has 0 aliphatic rings. The zero-order valence-corrected chi connectivity index (χ0v) is 14.0. The number of phenolic OH excluding ortho intramolecular Hbond substituents is 1. The molecule has 144 valence electrons. The van der Waals surface area contributed by atoms with Gasteiger partial charge >= 0.3 is 6.18 Å². The maximum absolute atomic E-state index is 13.7. The van der Waals surface area contributed by atoms with Crippen LogP contribution in [0.4, 0.5) is 22.0 Å². The summed E-state index contributed by atoms with van der Waals surface area (Å²) < 4.78 is 67.5. The molecule has 0 atom stereocenters. The van der Waals surface area contributed by atoms with Gasteiger partial charge in [-0.25, -0.2) is 8.78 Å². The third-order valence-corrected chi connectivity index (χ3v) is 4.06. The Labute approximate surface area is 155 Å². The van der Waals surface area contributed by atoms with Crippen molar-refractivity contribution in [2.45, 2.75) is 6.18 Å². The van der Waals surface area contributed by atoms with Gasteiger partial charge in [0.2, 0.25) is 5.91 Å². The highest BCUT2D eigenvalue weighted by molar-refractivity contribution is 6.04. The molecule has 0 saturated heterocycles. The van der Waals surface area contributed by atoms with Crippen LogP contribution < -0.4 is 5.73 Å². The number of amides is 1. The van der Waals surface area contributed by atoms with Crippen molar-refractivity contribution >= 4 is 5.91 Å². The van der Waals surface area contributed by atoms with Crippen LogP contribution in [0.5, 0.6) is 5.75 Å². The summed E-state index contributed by atoms with van der Waals surface area (Å²) in [6.45, 7) is 0. The predicted molar refractivity (Wildman–Crippen MR) is 92.4 cm³/mol. The zero-order chi connectivity index (χ0) is 20.6. The molecule has 0 unspecified atom stereocenters. The highest BCUT2D eigenvalue weighted by Crippen LogP contribution is 2.41. The summed E-state index contributed by atoms with van der Waals surface area (Å²) in [5, 5.41) is 9.44. The Morgan fingerprint density at radius 1 is 0.857 bits per heavy atom. The van der Waals surface area contributed by atoms with Gasteiger partial charge in [0.25, 0.3) is 0 Å². The molecule has 0 fully saturated rings. The van der Waals surface area contributed by atoms with E-state index < -0.39 is 34.8 Å². The first-order valence-electron chi connectivity index (χ1n) is 7.87. The Bertz CT molecular complexity index is 1040. The van der Waals surface area contributed by atoms with Crippen LogP contribution in [0.3, 0.4) is 0 Å². The lowest BCUT2D eigenvalue weighted by atomic mass is 9.88. The largest absolute Gasteiger partial charge is 0.508 e. The van der Waals surface area contributed by atoms with Crippen LogP contribution in [0.1, 0.15) is 15.9 Å². The van der Waals surface area contributed by atoms with Crippen LogP contribution in [0.25, 0.3) is 22.3 Å². The van der Waals surface area contributed by atoms with Gasteiger partial charge in [0.1, 0.15) is 17.4 Å². The number of aromatic hydroxyl groups is 1. The summed E-state index contributed by atoms with van der Waals surface area (Å²) in [6.07, 6.45) is -4.79. The molecule has 1 amide bonds. The van der Waals surface area contributed by atoms with E-state index in [0.29, 0.717) is 12.1 Å². The van der Waals surface area contributed by atoms with Crippen LogP contribution in [-0.2, 0) is 6.18 Å². The number of nitrogens with two attached hydrogens (primary N) is 1. The molecular weight excluding hydrogens is 381 g/mol. The smallest absolute Gasteiger partial charge is 0.416 e. The van der Waals surface area contributed by atoms with Crippen LogP contribution in [0.2, 0.25) is 0 Å². The number of rotatable bonds is 3. The fourth-order valence-corrected chi connectivity index (χ4v) is 2.88. The molecule has 3 N–H and O–H groups in total. The van der Waals surface area contributed by atoms with Gasteiger partial charge < -0.3 is 10.8 Å². The second-order valence-electron chi connectivity index (χ2n) is 6.01. The number of carbonyl (C=O) groups is 1. The summed E-state index contributed by atoms with van der Waals surface area (Å²) in [5.41, 5.74) is 3.36. The summed E-state index contributed by atoms with van der Waals surface area (Å²) in [6, 6.07) is 8.78. The molecule has 3 aromatic carbocycles. The van der Waals surface area contributed by atoms with Crippen molar-refractivity contribution in [3.05, 3.63) is 77.4 Å². The predicted octanol–water partition coefficient (Wildman–Crippen LogP) is 5.12. The third kappa shape index (κ3) is 3.80. The van der Waals surface area contributed by atoms with Gasteiger partial charge in [-0.2, -0.15) is 13.2 Å². The van der Waals surface area contributed by atoms with E-state index in [1.54, 1.807) is 0 Å². The number of primary amides is 1. The van der Waals surface area contributed by atoms with E-state index in [9.17, 15) is 31.9 Å². The molecule has 28 heavy (non-hydrogen) atoms. The van der Waals surface area contributed by atoms with E-state index >= 15 is 0 Å². The lowest BCUT2D eigenvalue weighted by Gasteiger charge is -2.18. The fraction of sp³-hybridized carbons (Fsp3) is 0.0500. The van der Waals surface area contributed by atoms with Crippen molar-refractivity contribution in [2.75, 3.05) is 0 Å². The fourth-order valence-electron chi connectivity index (χ4n) is 2.88. The van der Waals surface area contributed by atoms with Crippen LogP contribution in [0, 0.1) is 11.6 Å². The molecule has 0 spiro atoms. The van der Waals surface area contributed by atoms with E-state index in [-0.39, 0.29) is 28.0 Å². The molecule has 8 heteroatoms. The van der Waals surface area contributed by atoms with Crippen LogP contribution in [-0.4, -0.2) is 11.0 Å². The van der Waals surface area contributed by atoms with Gasteiger partial charge in [-0.1, -0.05) is 12.1 Å². The van der Waals surface area contributed by atoms with Crippen molar-refractivity contribution < 1.29 is 31.9 Å². The normalized spacial score (nSPS) is 11.5. The van der Waals surface area contributed by atoms with E-state index in [2.05, 4.69) is 0 Å². The maximum Gasteiger partial charge on any atom is 0.416 e. The Morgan fingerprint density at radius 3 is 1.93 bits per heavy atom. The first-order chi connectivity index (χ1) is 13.1. The molecule has 3 rings (SSSR count). The minimum Gasteiger partial charge on any atom is -0.508 e. The summed E-state index contributed by atoms with van der Waals surface area (Å²) >= 11 is 0. The topological polar surface area (TPSA) is 63.3 Å². The van der Waals surface area contributed by atoms with Gasteiger partial charge in [0.15, 0.2) is 0 Å². The minimum absolute atomic E-state index is 0.117. The second-order valence-corrected chi connectivity index (χ2v) is 6.01. The van der Waals surface area contributed by atoms with E-state index in [0.717, 1.165) is 18.2 Å². The second kappa shape index (κ2) is 6.95. The Morgan fingerprint density at radius 2 is 1.43 bits per heavy atom. The average Bonchev–Trinajstić information content (AvgIpc) is 2.59. The molecular formula is C20H12F5NO2. The Balaban J connectivity index is 2.43. The SMILES string of the molecule is NC(=O)c1cc(C(F)(F)F)cc(-c2ccc(O)cc2)c1-c1cc(F)cc(F)c1. The van der Waals surface area contributed by atoms with Crippen molar-refractivity contribution in [2.24, 2.45) is 5.73 Å². The lowest BCUT2D eigenvalue weighted by Crippen LogP contribution is -2.16. The quantitative estimate of drug-likeness (QED) is 0.607. The monoisotopic (exact) mass is 393 g/mol. The molecule has 0 radical (unpaired) electrons. The van der Waals surface area contributed by atoms with Gasteiger partial charge in [-0.05, 0) is 53.1 Å². The highest BCUT2D eigenvalue weighted by Gasteiger charge is 2.33. The van der Waals surface area contributed by atoms with Gasteiger partial charge in [0.05, 0.1) is 5.56 Å². The van der Waals surface area contributed by atoms with E-state index in [1.807, 2.05) is 0 Å². The number of carbonyl (C=O) groups excluding carboxylic acids is 1. The van der Waals surface area contributed by atoms with Gasteiger partial charge in [-0.3, -0.25) is 4.79 Å². The van der Waals surface area contributed by atoms with Crippen molar-refractivity contribution in [1.29, 1.82) is 0 Å². The van der Waals surface area contributed by atoms with Crippen LogP contribution >= 0.6 is 0 Å². The third-order valence-electron chi connectivity index (χ3n) is 4.06. The summed E-state index contributed by atoms with van der Waals surface area (Å²) in [7, 11) is 0. The lowest BCUT2D eigenvalue weighted by molar-refractivity contribution is -0.137. The molecule has 0 aliphatic heterocycles. The Hall–Kier alpha value is -3.42. The number of halogens is 5. The molecule has 0 aromatic heterocycles. The van der Waals surface area contributed by atoms with E-state index in [4.69, 9.17) is 5.73 Å². The summed E-state index contributed by atoms with van der Waals surface area (Å²) in [5.74, 6) is -3.26. The van der Waals surface area contributed by atoms with Crippen molar-refractivity contribution in [3.8, 4) is 28.0 Å². The Kier molecular flexibility index (Phi) is 4.80. The van der Waals surface area contributed by atoms with E-state index in [1.165, 1.54) is 24.3 Å². The maximum atomic E-state index is 13.7. The average molecular weight is 393 g/mol. The molecule has 3 aromatic rings. The zero-order valence-electron chi connectivity index (χ0n) is 14.0. The number of phenols is 1. The summed E-state index contributed by atoms with van der Waals surface area (Å²) in [4.78, 5) is 11.9. The molecule has 0 heterocycles. The van der Waals surface area contributed by atoms with Gasteiger partial charge in [0, 0.05) is 17.2 Å². The molecule has 3 nitrogen and oxygen atoms in total. The highest BCUT2D eigenvalue weighted by atomic mass is 19.4. The number of alkyl halides is 3. The number of benzene rings is 3. The molecule has 0 aliphatic carbocycles. The van der Waals surface area contributed by atoms with Crippen LogP contribution in [0.15, 0.2) is 54.6 Å². The first kappa shape index (κ1) is 19.3. The number of hydrogen-bond donors (Lipinski definition) is 2. The standard InChI is InChI=1S/C20H12F5NO2/c21-13-5-11(6-14(22)9-13)18-16(10-1-3-15(27)4-2-10)7-12(20(23,24)25)8-17(18)19(26)28/h1-9,27H,(H2,26,28). The van der Waals surface area contributed by atoms with Gasteiger partial charge in [-0.15, -0.1) is 0 Å². The number of hydrogen-bond acceptors (Lipinski definition) is 2.